The van der Waals surface area contributed by atoms with Crippen molar-refractivity contribution in [3.8, 4) is 0 Å². The van der Waals surface area contributed by atoms with Gasteiger partial charge in [-0.15, -0.1) is 11.3 Å². The maximum Gasteiger partial charge on any atom is 0.252 e. The number of amides is 1. The molecule has 2 heterocycles. The molecule has 4 rings (SSSR count). The zero-order valence-corrected chi connectivity index (χ0v) is 21.1. The third-order valence-electron chi connectivity index (χ3n) is 5.96. The van der Waals surface area contributed by atoms with Crippen molar-refractivity contribution in [2.24, 2.45) is 11.8 Å². The lowest BCUT2D eigenvalue weighted by atomic mass is 9.91. The number of allylic oxidation sites excluding steroid dienone is 2. The molecule has 9 heteroatoms. The Morgan fingerprint density at radius 1 is 1.06 bits per heavy atom. The summed E-state index contributed by atoms with van der Waals surface area (Å²) in [5.74, 6) is -0.140. The molecule has 1 N–H and O–H groups in total. The lowest BCUT2D eigenvalue weighted by molar-refractivity contribution is -0.122. The van der Waals surface area contributed by atoms with Gasteiger partial charge in [0.15, 0.2) is 4.33 Å². The standard InChI is InChI=1S/C24H26Cl2N2O3S2/c25-24(26)12-8-20(9-13-24)23(29)27-17-21-6-7-22(32-21)33(30,31)28-14-10-19(11-15-28)16-18-4-2-1-3-5-18/h1-9,12-13,19-20H,10-11,14-17H2,(H,27,29). The van der Waals surface area contributed by atoms with Gasteiger partial charge in [-0.05, 0) is 55.0 Å². The van der Waals surface area contributed by atoms with Crippen LogP contribution in [0.2, 0.25) is 0 Å². The largest absolute Gasteiger partial charge is 0.350 e. The fourth-order valence-corrected chi connectivity index (χ4v) is 7.28. The first-order valence-electron chi connectivity index (χ1n) is 10.9. The lowest BCUT2D eigenvalue weighted by Crippen LogP contribution is -2.38. The predicted molar refractivity (Wildman–Crippen MR) is 134 cm³/mol. The number of nitrogens with one attached hydrogen (secondary N) is 1. The van der Waals surface area contributed by atoms with Crippen molar-refractivity contribution in [1.29, 1.82) is 0 Å². The van der Waals surface area contributed by atoms with Crippen molar-refractivity contribution in [1.82, 2.24) is 9.62 Å². The highest BCUT2D eigenvalue weighted by Crippen LogP contribution is 2.31. The second kappa shape index (κ2) is 10.3. The zero-order valence-electron chi connectivity index (χ0n) is 18.0. The van der Waals surface area contributed by atoms with Crippen molar-refractivity contribution in [2.75, 3.05) is 13.1 Å². The molecule has 0 unspecified atom stereocenters. The van der Waals surface area contributed by atoms with Crippen LogP contribution in [0.4, 0.5) is 0 Å². The number of thiophene rings is 1. The quantitative estimate of drug-likeness (QED) is 0.412. The summed E-state index contributed by atoms with van der Waals surface area (Å²) >= 11 is 13.1. The summed E-state index contributed by atoms with van der Waals surface area (Å²) in [5.41, 5.74) is 1.30. The summed E-state index contributed by atoms with van der Waals surface area (Å²) in [6.45, 7) is 1.34. The highest BCUT2D eigenvalue weighted by atomic mass is 35.5. The topological polar surface area (TPSA) is 66.5 Å². The Morgan fingerprint density at radius 2 is 1.73 bits per heavy atom. The number of halogens is 2. The first-order chi connectivity index (χ1) is 15.7. The van der Waals surface area contributed by atoms with Crippen molar-refractivity contribution in [3.63, 3.8) is 0 Å². The fourth-order valence-electron chi connectivity index (χ4n) is 4.07. The van der Waals surface area contributed by atoms with Crippen LogP contribution in [0, 0.1) is 11.8 Å². The second-order valence-electron chi connectivity index (χ2n) is 8.39. The second-order valence-corrected chi connectivity index (χ2v) is 13.2. The number of nitrogens with zero attached hydrogens (tertiary/aromatic N) is 1. The van der Waals surface area contributed by atoms with Crippen LogP contribution >= 0.6 is 34.5 Å². The van der Waals surface area contributed by atoms with Gasteiger partial charge in [-0.1, -0.05) is 65.7 Å². The number of carbonyl (C=O) groups is 1. The Bertz CT molecular complexity index is 1120. The molecule has 1 fully saturated rings. The van der Waals surface area contributed by atoms with E-state index in [4.69, 9.17) is 23.2 Å². The molecule has 1 saturated heterocycles. The number of carbonyl (C=O) groups excluding carboxylic acids is 1. The molecule has 5 nitrogen and oxygen atoms in total. The number of piperidine rings is 1. The summed E-state index contributed by atoms with van der Waals surface area (Å²) in [6.07, 6.45) is 9.15. The Kier molecular flexibility index (Phi) is 7.66. The number of alkyl halides is 2. The summed E-state index contributed by atoms with van der Waals surface area (Å²) in [5, 5.41) is 2.84. The number of hydrogen-bond donors (Lipinski definition) is 1. The molecule has 176 valence electrons. The molecule has 0 radical (unpaired) electrons. The summed E-state index contributed by atoms with van der Waals surface area (Å²) in [4.78, 5) is 13.2. The van der Waals surface area contributed by atoms with E-state index in [9.17, 15) is 13.2 Å². The SMILES string of the molecule is O=C(NCc1ccc(S(=O)(=O)N2CCC(Cc3ccccc3)CC2)s1)C1C=CC(Cl)(Cl)C=C1. The van der Waals surface area contributed by atoms with Crippen LogP contribution in [0.3, 0.4) is 0 Å². The smallest absolute Gasteiger partial charge is 0.252 e. The van der Waals surface area contributed by atoms with Gasteiger partial charge in [-0.25, -0.2) is 8.42 Å². The van der Waals surface area contributed by atoms with Gasteiger partial charge in [0, 0.05) is 18.0 Å². The molecule has 1 aliphatic heterocycles. The van der Waals surface area contributed by atoms with Gasteiger partial charge in [-0.2, -0.15) is 4.31 Å². The highest BCUT2D eigenvalue weighted by molar-refractivity contribution is 7.91. The average molecular weight is 526 g/mol. The van der Waals surface area contributed by atoms with Crippen LogP contribution in [0.5, 0.6) is 0 Å². The number of hydrogen-bond acceptors (Lipinski definition) is 4. The third kappa shape index (κ3) is 6.28. The normalized spacial score (nSPS) is 19.6. The Morgan fingerprint density at radius 3 is 2.39 bits per heavy atom. The first-order valence-corrected chi connectivity index (χ1v) is 13.9. The first kappa shape index (κ1) is 24.5. The van der Waals surface area contributed by atoms with Gasteiger partial charge in [0.1, 0.15) is 4.21 Å². The van der Waals surface area contributed by atoms with Crippen molar-refractivity contribution < 1.29 is 13.2 Å². The lowest BCUT2D eigenvalue weighted by Gasteiger charge is -2.30. The van der Waals surface area contributed by atoms with Crippen LogP contribution in [0.15, 0.2) is 71.0 Å². The van der Waals surface area contributed by atoms with Crippen LogP contribution < -0.4 is 5.32 Å². The van der Waals surface area contributed by atoms with E-state index in [0.717, 1.165) is 24.1 Å². The average Bonchev–Trinajstić information content (AvgIpc) is 3.29. The van der Waals surface area contributed by atoms with Gasteiger partial charge in [-0.3, -0.25) is 4.79 Å². The van der Waals surface area contributed by atoms with Gasteiger partial charge in [0.05, 0.1) is 12.5 Å². The molecule has 0 bridgehead atoms. The molecule has 1 aromatic heterocycles. The molecular weight excluding hydrogens is 499 g/mol. The maximum absolute atomic E-state index is 13.1. The number of sulfonamides is 1. The summed E-state index contributed by atoms with van der Waals surface area (Å²) in [7, 11) is -3.52. The van der Waals surface area contributed by atoms with Crippen LogP contribution in [0.25, 0.3) is 0 Å². The molecule has 2 aromatic rings. The van der Waals surface area contributed by atoms with E-state index in [1.54, 1.807) is 40.7 Å². The number of rotatable bonds is 7. The molecule has 0 saturated carbocycles. The van der Waals surface area contributed by atoms with Gasteiger partial charge in [0.2, 0.25) is 5.91 Å². The molecule has 2 aliphatic rings. The van der Waals surface area contributed by atoms with E-state index in [1.165, 1.54) is 16.9 Å². The Labute approximate surface area is 209 Å². The maximum atomic E-state index is 13.1. The minimum absolute atomic E-state index is 0.190. The summed E-state index contributed by atoms with van der Waals surface area (Å²) in [6, 6.07) is 13.7. The minimum Gasteiger partial charge on any atom is -0.350 e. The molecule has 1 aromatic carbocycles. The molecule has 0 spiro atoms. The van der Waals surface area contributed by atoms with E-state index >= 15 is 0 Å². The fraction of sp³-hybridized carbons (Fsp3) is 0.375. The Hall–Kier alpha value is -1.64. The van der Waals surface area contributed by atoms with E-state index in [0.29, 0.717) is 23.2 Å². The van der Waals surface area contributed by atoms with Crippen molar-refractivity contribution in [3.05, 3.63) is 77.2 Å². The molecule has 1 amide bonds. The number of benzene rings is 1. The van der Waals surface area contributed by atoms with E-state index in [2.05, 4.69) is 17.4 Å². The minimum atomic E-state index is -3.52. The van der Waals surface area contributed by atoms with Crippen molar-refractivity contribution >= 4 is 50.5 Å². The van der Waals surface area contributed by atoms with Gasteiger partial charge < -0.3 is 5.32 Å². The van der Waals surface area contributed by atoms with Crippen molar-refractivity contribution in [2.45, 2.75) is 34.3 Å². The van der Waals surface area contributed by atoms with Crippen LogP contribution in [-0.4, -0.2) is 36.1 Å². The monoisotopic (exact) mass is 524 g/mol. The summed E-state index contributed by atoms with van der Waals surface area (Å²) < 4.78 is 27.1. The van der Waals surface area contributed by atoms with Gasteiger partial charge in [0.25, 0.3) is 10.0 Å². The van der Waals surface area contributed by atoms with E-state index in [1.807, 2.05) is 18.2 Å². The zero-order chi connectivity index (χ0) is 23.5. The highest BCUT2D eigenvalue weighted by Gasteiger charge is 2.30. The predicted octanol–water partition coefficient (Wildman–Crippen LogP) is 4.92. The van der Waals surface area contributed by atoms with Crippen LogP contribution in [-0.2, 0) is 27.8 Å². The Balaban J connectivity index is 1.29. The molecule has 1 aliphatic carbocycles. The molecular formula is C24H26Cl2N2O3S2. The third-order valence-corrected chi connectivity index (χ3v) is 9.92. The van der Waals surface area contributed by atoms with E-state index in [-0.39, 0.29) is 12.5 Å². The van der Waals surface area contributed by atoms with Crippen LogP contribution in [0.1, 0.15) is 23.3 Å². The van der Waals surface area contributed by atoms with Gasteiger partial charge >= 0.3 is 0 Å². The molecule has 0 atom stereocenters. The molecule has 33 heavy (non-hydrogen) atoms. The van der Waals surface area contributed by atoms with E-state index < -0.39 is 20.3 Å².